The maximum Gasteiger partial charge on any atom is 0.304 e. The average molecular weight is 602 g/mol. The minimum absolute atomic E-state index is 0.0434. The molecule has 0 atom stereocenters. The van der Waals surface area contributed by atoms with Crippen LogP contribution in [0.15, 0.2) is 54.9 Å². The number of ketones is 1. The van der Waals surface area contributed by atoms with Gasteiger partial charge in [0.2, 0.25) is 5.78 Å². The molecule has 0 aliphatic rings. The van der Waals surface area contributed by atoms with Crippen molar-refractivity contribution in [2.75, 3.05) is 16.8 Å². The van der Waals surface area contributed by atoms with Gasteiger partial charge >= 0.3 is 11.9 Å². The van der Waals surface area contributed by atoms with Crippen LogP contribution in [-0.2, 0) is 25.8 Å². The Balaban J connectivity index is 1.84. The van der Waals surface area contributed by atoms with E-state index >= 15 is 8.78 Å². The van der Waals surface area contributed by atoms with Gasteiger partial charge in [-0.1, -0.05) is 30.7 Å². The van der Waals surface area contributed by atoms with Gasteiger partial charge in [-0.3, -0.25) is 23.3 Å². The van der Waals surface area contributed by atoms with Crippen LogP contribution in [0, 0.1) is 11.6 Å². The summed E-state index contributed by atoms with van der Waals surface area (Å²) in [6, 6.07) is 10.8. The van der Waals surface area contributed by atoms with Crippen LogP contribution in [0.5, 0.6) is 0 Å². The highest BCUT2D eigenvalue weighted by Crippen LogP contribution is 2.33. The minimum atomic E-state index is -1.10. The van der Waals surface area contributed by atoms with Gasteiger partial charge in [0.1, 0.15) is 11.5 Å². The molecule has 214 valence electrons. The van der Waals surface area contributed by atoms with Crippen LogP contribution >= 0.6 is 23.5 Å². The first-order valence-electron chi connectivity index (χ1n) is 12.5. The number of aromatic nitrogens is 2. The van der Waals surface area contributed by atoms with E-state index in [9.17, 15) is 14.4 Å². The number of pyridine rings is 1. The molecular weight excluding hydrogens is 576 g/mol. The maximum atomic E-state index is 16.0. The number of nitrogens with zero attached hydrogens (tertiary/aromatic N) is 3. The molecule has 0 fully saturated rings. The van der Waals surface area contributed by atoms with E-state index in [1.165, 1.54) is 46.9 Å². The second kappa shape index (κ2) is 13.1. The molecule has 0 N–H and O–H groups in total. The summed E-state index contributed by atoms with van der Waals surface area (Å²) in [6.45, 7) is 3.81. The number of carbonyl (C=O) groups excluding carboxylic acids is 3. The molecule has 2 aromatic heterocycles. The second-order valence-electron chi connectivity index (χ2n) is 8.94. The molecule has 0 unspecified atom stereocenters. The average Bonchev–Trinajstić information content (AvgIpc) is 3.30. The fourth-order valence-electron chi connectivity index (χ4n) is 4.02. The van der Waals surface area contributed by atoms with Crippen molar-refractivity contribution >= 4 is 58.0 Å². The minimum Gasteiger partial charge on any atom is -0.444 e. The molecule has 2 heterocycles. The van der Waals surface area contributed by atoms with Crippen molar-refractivity contribution in [2.24, 2.45) is 0 Å². The lowest BCUT2D eigenvalue weighted by Gasteiger charge is -2.23. The Morgan fingerprint density at radius 1 is 1.02 bits per heavy atom. The molecule has 0 aliphatic carbocycles. The smallest absolute Gasteiger partial charge is 0.304 e. The number of ether oxygens (including phenoxy) is 2. The topological polar surface area (TPSA) is 90.7 Å². The van der Waals surface area contributed by atoms with E-state index in [-0.39, 0.29) is 30.4 Å². The van der Waals surface area contributed by atoms with Gasteiger partial charge in [0.25, 0.3) is 0 Å². The van der Waals surface area contributed by atoms with Crippen molar-refractivity contribution < 1.29 is 32.6 Å². The Bertz CT molecular complexity index is 1610. The molecule has 12 heteroatoms. The van der Waals surface area contributed by atoms with Crippen molar-refractivity contribution in [3.63, 3.8) is 0 Å². The number of anilines is 1. The summed E-state index contributed by atoms with van der Waals surface area (Å²) in [4.78, 5) is 41.2. The van der Waals surface area contributed by atoms with Crippen LogP contribution in [0.25, 0.3) is 22.2 Å². The highest BCUT2D eigenvalue weighted by molar-refractivity contribution is 8.00. The van der Waals surface area contributed by atoms with Crippen LogP contribution in [0.4, 0.5) is 14.5 Å². The zero-order valence-corrected chi connectivity index (χ0v) is 24.0. The van der Waals surface area contributed by atoms with E-state index in [2.05, 4.69) is 4.98 Å². The van der Waals surface area contributed by atoms with Crippen LogP contribution in [0.1, 0.15) is 43.1 Å². The van der Waals surface area contributed by atoms with Gasteiger partial charge in [-0.15, -0.1) is 0 Å². The standard InChI is InChI=1S/C29H26ClF2N3O5S/c1-4-11-41-35(16-40-18(3)37)25-10-9-24(31)26(27(25)32)28(38)23-14-34(15-39-17(2)36)29-22(23)12-20(13-33-29)19-5-7-21(30)8-6-19/h5-10,12-14H,4,11,15-16H2,1-3H3. The van der Waals surface area contributed by atoms with Gasteiger partial charge in [-0.05, 0) is 54.3 Å². The summed E-state index contributed by atoms with van der Waals surface area (Å²) in [7, 11) is 0. The predicted octanol–water partition coefficient (Wildman–Crippen LogP) is 6.77. The van der Waals surface area contributed by atoms with Crippen LogP contribution in [-0.4, -0.2) is 39.8 Å². The van der Waals surface area contributed by atoms with E-state index in [4.69, 9.17) is 21.1 Å². The Labute approximate surface area is 244 Å². The van der Waals surface area contributed by atoms with Crippen molar-refractivity contribution in [1.29, 1.82) is 0 Å². The molecule has 41 heavy (non-hydrogen) atoms. The Morgan fingerprint density at radius 3 is 2.39 bits per heavy atom. The Morgan fingerprint density at radius 2 is 1.73 bits per heavy atom. The van der Waals surface area contributed by atoms with Crippen LogP contribution in [0.3, 0.4) is 0 Å². The van der Waals surface area contributed by atoms with Crippen molar-refractivity contribution in [1.82, 2.24) is 9.55 Å². The highest BCUT2D eigenvalue weighted by Gasteiger charge is 2.28. The third kappa shape index (κ3) is 6.86. The molecule has 2 aromatic carbocycles. The summed E-state index contributed by atoms with van der Waals surface area (Å²) in [5.74, 6) is -3.67. The molecule has 0 saturated heterocycles. The number of halogens is 3. The van der Waals surface area contributed by atoms with Crippen molar-refractivity contribution in [3.8, 4) is 11.1 Å². The molecule has 0 amide bonds. The van der Waals surface area contributed by atoms with Gasteiger partial charge < -0.3 is 9.47 Å². The van der Waals surface area contributed by atoms with E-state index in [1.54, 1.807) is 36.5 Å². The number of esters is 2. The Kier molecular flexibility index (Phi) is 9.61. The molecule has 0 radical (unpaired) electrons. The molecule has 0 aliphatic heterocycles. The van der Waals surface area contributed by atoms with Gasteiger partial charge in [0.05, 0.1) is 16.8 Å². The first-order valence-corrected chi connectivity index (χ1v) is 13.9. The van der Waals surface area contributed by atoms with Crippen molar-refractivity contribution in [2.45, 2.75) is 33.9 Å². The lowest BCUT2D eigenvalue weighted by Crippen LogP contribution is -2.23. The number of hydrogen-bond acceptors (Lipinski definition) is 8. The normalized spacial score (nSPS) is 11.0. The number of fused-ring (bicyclic) bond motifs is 1. The third-order valence-electron chi connectivity index (χ3n) is 5.95. The number of benzene rings is 2. The van der Waals surface area contributed by atoms with E-state index in [1.807, 2.05) is 6.92 Å². The monoisotopic (exact) mass is 601 g/mol. The molecule has 4 aromatic rings. The molecule has 0 bridgehead atoms. The van der Waals surface area contributed by atoms with Gasteiger partial charge in [-0.2, -0.15) is 0 Å². The lowest BCUT2D eigenvalue weighted by atomic mass is 9.99. The van der Waals surface area contributed by atoms with Gasteiger partial charge in [0, 0.05) is 48.0 Å². The van der Waals surface area contributed by atoms with Crippen LogP contribution < -0.4 is 4.31 Å². The Hall–Kier alpha value is -3.96. The first-order chi connectivity index (χ1) is 19.6. The number of hydrogen-bond donors (Lipinski definition) is 0. The zero-order valence-electron chi connectivity index (χ0n) is 22.4. The summed E-state index contributed by atoms with van der Waals surface area (Å²) < 4.78 is 44.1. The predicted molar refractivity (Wildman–Crippen MR) is 154 cm³/mol. The van der Waals surface area contributed by atoms with E-state index < -0.39 is 34.9 Å². The maximum absolute atomic E-state index is 16.0. The number of rotatable bonds is 11. The summed E-state index contributed by atoms with van der Waals surface area (Å²) in [5, 5.41) is 0.841. The van der Waals surface area contributed by atoms with Crippen molar-refractivity contribution in [3.05, 3.63) is 82.6 Å². The zero-order chi connectivity index (χ0) is 29.7. The fourth-order valence-corrected chi connectivity index (χ4v) is 4.95. The summed E-state index contributed by atoms with van der Waals surface area (Å²) in [6.07, 6.45) is 3.66. The second-order valence-corrected chi connectivity index (χ2v) is 10.5. The highest BCUT2D eigenvalue weighted by atomic mass is 35.5. The fraction of sp³-hybridized carbons (Fsp3) is 0.241. The third-order valence-corrected chi connectivity index (χ3v) is 7.40. The lowest BCUT2D eigenvalue weighted by molar-refractivity contribution is -0.144. The molecule has 8 nitrogen and oxygen atoms in total. The quantitative estimate of drug-likeness (QED) is 0.0805. The summed E-state index contributed by atoms with van der Waals surface area (Å²) >= 11 is 7.19. The SMILES string of the molecule is CCCSN(COC(C)=O)c1ccc(F)c(C(=O)c2cn(COC(C)=O)c3ncc(-c4ccc(Cl)cc4)cc23)c1F. The molecular formula is C29H26ClF2N3O5S. The number of carbonyl (C=O) groups is 3. The van der Waals surface area contributed by atoms with Gasteiger partial charge in [0.15, 0.2) is 19.3 Å². The largest absolute Gasteiger partial charge is 0.444 e. The first kappa shape index (κ1) is 30.0. The van der Waals surface area contributed by atoms with Gasteiger partial charge in [-0.25, -0.2) is 13.8 Å². The molecule has 4 rings (SSSR count). The van der Waals surface area contributed by atoms with Crippen LogP contribution in [0.2, 0.25) is 5.02 Å². The molecule has 0 saturated carbocycles. The summed E-state index contributed by atoms with van der Waals surface area (Å²) in [5.41, 5.74) is 0.724. The van der Waals surface area contributed by atoms with E-state index in [0.717, 1.165) is 18.1 Å². The van der Waals surface area contributed by atoms with E-state index in [0.29, 0.717) is 21.7 Å². The molecule has 0 spiro atoms.